The van der Waals surface area contributed by atoms with E-state index >= 15 is 0 Å². The van der Waals surface area contributed by atoms with Gasteiger partial charge in [-0.05, 0) is 6.07 Å². The van der Waals surface area contributed by atoms with Gasteiger partial charge in [-0.1, -0.05) is 18.2 Å². The highest BCUT2D eigenvalue weighted by Crippen LogP contribution is 2.22. The predicted molar refractivity (Wildman–Crippen MR) is 76.9 cm³/mol. The number of para-hydroxylation sites is 1. The predicted octanol–water partition coefficient (Wildman–Crippen LogP) is 0.795. The maximum atomic E-state index is 12.3. The zero-order valence-corrected chi connectivity index (χ0v) is 12.9. The quantitative estimate of drug-likeness (QED) is 0.565. The molecule has 0 atom stereocenters. The number of carbonyl (C=O) groups is 2. The molecular formula is C13H12F2N3O5S. The molecule has 0 saturated carbocycles. The number of hydrogen-bond donors (Lipinski definition) is 1. The summed E-state index contributed by atoms with van der Waals surface area (Å²) in [5.74, 6) is -3.01. The van der Waals surface area contributed by atoms with E-state index in [0.717, 1.165) is 0 Å². The average molecular weight is 360 g/mol. The van der Waals surface area contributed by atoms with Crippen molar-refractivity contribution in [3.8, 4) is 11.9 Å². The summed E-state index contributed by atoms with van der Waals surface area (Å²) in [4.78, 5) is 22.2. The average Bonchev–Trinajstić information content (AvgIpc) is 2.47. The minimum absolute atomic E-state index is 0.0225. The van der Waals surface area contributed by atoms with Gasteiger partial charge in [0.25, 0.3) is 0 Å². The summed E-state index contributed by atoms with van der Waals surface area (Å²) in [5.41, 5.74) is 4.74. The molecule has 0 bridgehead atoms. The first-order valence-electron chi connectivity index (χ1n) is 6.26. The Hall–Kier alpha value is -2.74. The van der Waals surface area contributed by atoms with Crippen LogP contribution in [0.1, 0.15) is 5.56 Å². The molecule has 8 nitrogen and oxygen atoms in total. The first kappa shape index (κ1) is 19.3. The number of nitrogens with two attached hydrogens (primary N) is 1. The molecule has 0 fully saturated rings. The van der Waals surface area contributed by atoms with Crippen LogP contribution in [0.5, 0.6) is 5.75 Å². The Balaban J connectivity index is 2.80. The van der Waals surface area contributed by atoms with E-state index in [0.29, 0.717) is 6.42 Å². The lowest BCUT2D eigenvalue weighted by Gasteiger charge is -2.11. The molecule has 3 amide bonds. The molecular weight excluding hydrogens is 348 g/mol. The number of urea groups is 1. The number of nitrogens with zero attached hydrogens (tertiary/aromatic N) is 2. The molecule has 0 aliphatic heterocycles. The van der Waals surface area contributed by atoms with Gasteiger partial charge in [0.05, 0.1) is 17.9 Å². The summed E-state index contributed by atoms with van der Waals surface area (Å²) in [6, 6.07) is 3.93. The second kappa shape index (κ2) is 8.21. The van der Waals surface area contributed by atoms with Crippen molar-refractivity contribution in [1.82, 2.24) is 4.90 Å². The summed E-state index contributed by atoms with van der Waals surface area (Å²) in [6.07, 6.45) is 1.78. The minimum atomic E-state index is -3.94. The number of hydrogen-bond acceptors (Lipinski definition) is 6. The summed E-state index contributed by atoms with van der Waals surface area (Å²) >= 11 is 0. The van der Waals surface area contributed by atoms with Crippen molar-refractivity contribution in [3.63, 3.8) is 0 Å². The molecule has 0 spiro atoms. The van der Waals surface area contributed by atoms with Gasteiger partial charge >= 0.3 is 12.6 Å². The van der Waals surface area contributed by atoms with E-state index < -0.39 is 39.9 Å². The summed E-state index contributed by atoms with van der Waals surface area (Å²) < 4.78 is 52.8. The topological polar surface area (TPSA) is 131 Å². The third-order valence-corrected chi connectivity index (χ3v) is 4.04. The Morgan fingerprint density at radius 3 is 2.54 bits per heavy atom. The van der Waals surface area contributed by atoms with E-state index in [-0.39, 0.29) is 16.2 Å². The van der Waals surface area contributed by atoms with Crippen LogP contribution in [0.25, 0.3) is 0 Å². The Bertz CT molecular complexity index is 761. The van der Waals surface area contributed by atoms with Crippen molar-refractivity contribution in [1.29, 1.82) is 5.26 Å². The van der Waals surface area contributed by atoms with Crippen LogP contribution in [0.4, 0.5) is 13.6 Å². The molecule has 2 N–H and O–H groups in total. The lowest BCUT2D eigenvalue weighted by molar-refractivity contribution is -0.122. The zero-order valence-electron chi connectivity index (χ0n) is 12.1. The lowest BCUT2D eigenvalue weighted by atomic mass is 10.2. The maximum absolute atomic E-state index is 12.3. The molecule has 1 radical (unpaired) electrons. The van der Waals surface area contributed by atoms with Crippen LogP contribution in [0.2, 0.25) is 0 Å². The second-order valence-corrected chi connectivity index (χ2v) is 6.47. The third-order valence-electron chi connectivity index (χ3n) is 2.62. The van der Waals surface area contributed by atoms with Gasteiger partial charge in [0, 0.05) is 5.56 Å². The van der Waals surface area contributed by atoms with Crippen LogP contribution in [-0.2, 0) is 20.4 Å². The number of carbonyl (C=O) groups excluding carboxylic acids is 2. The van der Waals surface area contributed by atoms with Crippen LogP contribution < -0.4 is 10.5 Å². The van der Waals surface area contributed by atoms with Crippen LogP contribution in [0, 0.1) is 17.9 Å². The fraction of sp³-hybridized carbons (Fsp3) is 0.231. The van der Waals surface area contributed by atoms with Crippen LogP contribution in [0.15, 0.2) is 24.3 Å². The normalized spacial score (nSPS) is 10.9. The first-order valence-corrected chi connectivity index (χ1v) is 8.08. The highest BCUT2D eigenvalue weighted by molar-refractivity contribution is 7.90. The smallest absolute Gasteiger partial charge is 0.387 e. The molecule has 1 aromatic carbocycles. The SMILES string of the molecule is N#CN(C(N)=O)C(=O)[CH]CS(=O)(=O)Cc1ccccc1OC(F)F. The van der Waals surface area contributed by atoms with Gasteiger partial charge in [0.15, 0.2) is 16.0 Å². The highest BCUT2D eigenvalue weighted by atomic mass is 32.2. The van der Waals surface area contributed by atoms with E-state index in [9.17, 15) is 26.8 Å². The van der Waals surface area contributed by atoms with Gasteiger partial charge in [0.2, 0.25) is 5.91 Å². The molecule has 0 heterocycles. The van der Waals surface area contributed by atoms with Crippen molar-refractivity contribution in [3.05, 3.63) is 36.2 Å². The molecule has 0 saturated heterocycles. The molecule has 0 aliphatic carbocycles. The van der Waals surface area contributed by atoms with Crippen molar-refractivity contribution in [2.75, 3.05) is 5.75 Å². The Labute approximate surface area is 136 Å². The Morgan fingerprint density at radius 1 is 1.38 bits per heavy atom. The van der Waals surface area contributed by atoms with Gasteiger partial charge in [-0.15, -0.1) is 0 Å². The number of sulfone groups is 1. The molecule has 11 heteroatoms. The van der Waals surface area contributed by atoms with Gasteiger partial charge in [-0.3, -0.25) is 4.79 Å². The van der Waals surface area contributed by atoms with Gasteiger partial charge in [0.1, 0.15) is 5.75 Å². The molecule has 24 heavy (non-hydrogen) atoms. The van der Waals surface area contributed by atoms with E-state index in [4.69, 9.17) is 11.0 Å². The minimum Gasteiger partial charge on any atom is -0.435 e. The number of rotatable bonds is 7. The Morgan fingerprint density at radius 2 is 2.00 bits per heavy atom. The van der Waals surface area contributed by atoms with Crippen LogP contribution in [-0.4, -0.2) is 37.6 Å². The molecule has 1 rings (SSSR count). The number of nitriles is 1. The number of amides is 3. The van der Waals surface area contributed by atoms with E-state index in [2.05, 4.69) is 4.74 Å². The standard InChI is InChI=1S/C13H12F2N3O5S/c14-12(15)23-10-4-2-1-3-9(10)7-24(21,22)6-5-11(19)18(8-16)13(17)20/h1-5,12H,6-7H2,(H2,17,20). The number of halogens is 2. The van der Waals surface area contributed by atoms with Crippen LogP contribution >= 0.6 is 0 Å². The maximum Gasteiger partial charge on any atom is 0.387 e. The second-order valence-electron chi connectivity index (χ2n) is 4.36. The summed E-state index contributed by atoms with van der Waals surface area (Å²) in [6.45, 7) is -3.12. The molecule has 0 aromatic heterocycles. The molecule has 129 valence electrons. The van der Waals surface area contributed by atoms with Gasteiger partial charge in [-0.2, -0.15) is 18.9 Å². The number of primary amides is 1. The van der Waals surface area contributed by atoms with Crippen molar-refractivity contribution in [2.24, 2.45) is 5.73 Å². The Kier molecular flexibility index (Phi) is 6.60. The fourth-order valence-electron chi connectivity index (χ4n) is 1.63. The van der Waals surface area contributed by atoms with Crippen molar-refractivity contribution >= 4 is 21.8 Å². The molecule has 0 aliphatic rings. The van der Waals surface area contributed by atoms with Crippen molar-refractivity contribution in [2.45, 2.75) is 12.4 Å². The first-order chi connectivity index (χ1) is 11.2. The largest absolute Gasteiger partial charge is 0.435 e. The zero-order chi connectivity index (χ0) is 18.3. The monoisotopic (exact) mass is 360 g/mol. The molecule has 1 aromatic rings. The van der Waals surface area contributed by atoms with E-state index in [1.807, 2.05) is 0 Å². The molecule has 0 unspecified atom stereocenters. The number of imide groups is 1. The number of benzene rings is 1. The lowest BCUT2D eigenvalue weighted by Crippen LogP contribution is -2.38. The van der Waals surface area contributed by atoms with Crippen LogP contribution in [0.3, 0.4) is 0 Å². The van der Waals surface area contributed by atoms with Gasteiger partial charge in [-0.25, -0.2) is 13.2 Å². The van der Waals surface area contributed by atoms with Crippen molar-refractivity contribution < 1.29 is 31.5 Å². The van der Waals surface area contributed by atoms with Gasteiger partial charge < -0.3 is 10.5 Å². The van der Waals surface area contributed by atoms with E-state index in [1.54, 1.807) is 0 Å². The number of alkyl halides is 2. The summed E-state index contributed by atoms with van der Waals surface area (Å²) in [5, 5.41) is 8.55. The number of ether oxygens (including phenoxy) is 1. The fourth-order valence-corrected chi connectivity index (χ4v) is 2.85. The van der Waals surface area contributed by atoms with E-state index in [1.165, 1.54) is 30.5 Å². The third kappa shape index (κ3) is 5.81. The summed E-state index contributed by atoms with van der Waals surface area (Å²) in [7, 11) is -3.94. The highest BCUT2D eigenvalue weighted by Gasteiger charge is 2.23.